The van der Waals surface area contributed by atoms with E-state index in [0.29, 0.717) is 16.4 Å². The van der Waals surface area contributed by atoms with Crippen LogP contribution in [-0.4, -0.2) is 21.5 Å². The Kier molecular flexibility index (Phi) is 5.10. The van der Waals surface area contributed by atoms with Gasteiger partial charge in [0.15, 0.2) is 17.5 Å². The minimum atomic E-state index is -1.54. The van der Waals surface area contributed by atoms with Crippen LogP contribution in [0.3, 0.4) is 0 Å². The molecule has 0 aliphatic rings. The summed E-state index contributed by atoms with van der Waals surface area (Å²) < 4.78 is 41.0. The third-order valence-electron chi connectivity index (χ3n) is 3.39. The molecule has 0 bridgehead atoms. The molecule has 1 heterocycles. The van der Waals surface area contributed by atoms with E-state index in [2.05, 4.69) is 10.4 Å². The first-order chi connectivity index (χ1) is 10.3. The van der Waals surface area contributed by atoms with Crippen molar-refractivity contribution in [3.8, 4) is 0 Å². The van der Waals surface area contributed by atoms with Gasteiger partial charge >= 0.3 is 0 Å². The van der Waals surface area contributed by atoms with Crippen molar-refractivity contribution in [2.24, 2.45) is 7.05 Å². The van der Waals surface area contributed by atoms with Crippen LogP contribution in [0.4, 0.5) is 13.2 Å². The normalized spacial score (nSPS) is 12.7. The van der Waals surface area contributed by atoms with E-state index in [9.17, 15) is 18.3 Å². The van der Waals surface area contributed by atoms with Crippen molar-refractivity contribution in [3.05, 3.63) is 51.6 Å². The molecule has 1 unspecified atom stereocenters. The number of nitrogens with one attached hydrogen (secondary N) is 1. The van der Waals surface area contributed by atoms with Crippen LogP contribution in [0.25, 0.3) is 0 Å². The Balaban J connectivity index is 2.19. The predicted octanol–water partition coefficient (Wildman–Crippen LogP) is 2.62. The van der Waals surface area contributed by atoms with E-state index in [1.54, 1.807) is 14.0 Å². The van der Waals surface area contributed by atoms with Crippen LogP contribution in [0.2, 0.25) is 5.15 Å². The molecule has 0 spiro atoms. The van der Waals surface area contributed by atoms with Gasteiger partial charge in [-0.15, -0.1) is 0 Å². The number of aryl methyl sites for hydroxylation is 2. The standard InChI is InChI=1S/C14H15ClF3N3O/c1-7-9(14(15)21(2)20-7)5-19-12(6-22)8-3-10(16)13(18)11(17)4-8/h3-4,12,19,22H,5-6H2,1-2H3. The zero-order chi connectivity index (χ0) is 16.4. The molecule has 2 N–H and O–H groups in total. The van der Waals surface area contributed by atoms with Crippen LogP contribution in [0.1, 0.15) is 22.9 Å². The fourth-order valence-corrected chi connectivity index (χ4v) is 2.41. The fraction of sp³-hybridized carbons (Fsp3) is 0.357. The molecule has 0 amide bonds. The molecule has 0 fully saturated rings. The number of rotatable bonds is 5. The maximum absolute atomic E-state index is 13.3. The maximum Gasteiger partial charge on any atom is 0.194 e. The van der Waals surface area contributed by atoms with Crippen molar-refractivity contribution in [2.45, 2.75) is 19.5 Å². The number of halogens is 4. The Labute approximate surface area is 130 Å². The molecule has 0 aliphatic carbocycles. The van der Waals surface area contributed by atoms with Gasteiger partial charge in [-0.1, -0.05) is 11.6 Å². The van der Waals surface area contributed by atoms with Crippen molar-refractivity contribution >= 4 is 11.6 Å². The molecule has 120 valence electrons. The van der Waals surface area contributed by atoms with Crippen molar-refractivity contribution in [1.82, 2.24) is 15.1 Å². The average molecular weight is 334 g/mol. The zero-order valence-corrected chi connectivity index (χ0v) is 12.8. The van der Waals surface area contributed by atoms with Crippen LogP contribution in [0.5, 0.6) is 0 Å². The Morgan fingerprint density at radius 2 is 1.91 bits per heavy atom. The van der Waals surface area contributed by atoms with Crippen molar-refractivity contribution in [1.29, 1.82) is 0 Å². The molecule has 0 saturated heterocycles. The minimum absolute atomic E-state index is 0.108. The van der Waals surface area contributed by atoms with E-state index in [0.717, 1.165) is 12.1 Å². The molecule has 1 aromatic heterocycles. The number of hydrogen-bond donors (Lipinski definition) is 2. The molecule has 22 heavy (non-hydrogen) atoms. The molecule has 2 aromatic rings. The van der Waals surface area contributed by atoms with Crippen LogP contribution in [0, 0.1) is 24.4 Å². The monoisotopic (exact) mass is 333 g/mol. The van der Waals surface area contributed by atoms with Crippen LogP contribution in [-0.2, 0) is 13.6 Å². The van der Waals surface area contributed by atoms with Crippen molar-refractivity contribution < 1.29 is 18.3 Å². The lowest BCUT2D eigenvalue weighted by molar-refractivity contribution is 0.242. The average Bonchev–Trinajstić information content (AvgIpc) is 2.71. The maximum atomic E-state index is 13.3. The lowest BCUT2D eigenvalue weighted by Crippen LogP contribution is -2.24. The van der Waals surface area contributed by atoms with Gasteiger partial charge in [0.25, 0.3) is 0 Å². The summed E-state index contributed by atoms with van der Waals surface area (Å²) in [5.41, 5.74) is 1.52. The van der Waals surface area contributed by atoms with Gasteiger partial charge < -0.3 is 10.4 Å². The summed E-state index contributed by atoms with van der Waals surface area (Å²) >= 11 is 6.09. The molecule has 0 aliphatic heterocycles. The first-order valence-corrected chi connectivity index (χ1v) is 6.89. The summed E-state index contributed by atoms with van der Waals surface area (Å²) in [6.45, 7) is 1.60. The summed E-state index contributed by atoms with van der Waals surface area (Å²) in [6, 6.07) is 0.939. The van der Waals surface area contributed by atoms with Gasteiger partial charge in [-0.05, 0) is 24.6 Å². The molecule has 0 radical (unpaired) electrons. The van der Waals surface area contributed by atoms with Crippen molar-refractivity contribution in [2.75, 3.05) is 6.61 Å². The highest BCUT2D eigenvalue weighted by atomic mass is 35.5. The van der Waals surface area contributed by atoms with E-state index >= 15 is 0 Å². The second-order valence-corrected chi connectivity index (χ2v) is 5.25. The lowest BCUT2D eigenvalue weighted by Gasteiger charge is -2.17. The van der Waals surface area contributed by atoms with Gasteiger partial charge in [-0.25, -0.2) is 13.2 Å². The summed E-state index contributed by atoms with van der Waals surface area (Å²) in [6.07, 6.45) is 0. The molecule has 1 aromatic carbocycles. The number of aromatic nitrogens is 2. The molecule has 2 rings (SSSR count). The van der Waals surface area contributed by atoms with Gasteiger partial charge in [0, 0.05) is 19.2 Å². The molecule has 1 atom stereocenters. The number of aliphatic hydroxyl groups is 1. The van der Waals surface area contributed by atoms with E-state index < -0.39 is 30.1 Å². The Morgan fingerprint density at radius 1 is 1.32 bits per heavy atom. The Morgan fingerprint density at radius 3 is 2.36 bits per heavy atom. The number of nitrogens with zero attached hydrogens (tertiary/aromatic N) is 2. The highest BCUT2D eigenvalue weighted by molar-refractivity contribution is 6.30. The topological polar surface area (TPSA) is 50.1 Å². The van der Waals surface area contributed by atoms with Gasteiger partial charge in [0.2, 0.25) is 0 Å². The molecule has 4 nitrogen and oxygen atoms in total. The first kappa shape index (κ1) is 16.8. The summed E-state index contributed by atoms with van der Waals surface area (Å²) in [7, 11) is 1.69. The van der Waals surface area contributed by atoms with Crippen molar-refractivity contribution in [3.63, 3.8) is 0 Å². The first-order valence-electron chi connectivity index (χ1n) is 6.51. The molecule has 8 heteroatoms. The van der Waals surface area contributed by atoms with E-state index in [-0.39, 0.29) is 12.1 Å². The quantitative estimate of drug-likeness (QED) is 0.827. The smallest absolute Gasteiger partial charge is 0.194 e. The molecule has 0 saturated carbocycles. The van der Waals surface area contributed by atoms with E-state index in [4.69, 9.17) is 11.6 Å². The third kappa shape index (κ3) is 3.26. The summed E-state index contributed by atoms with van der Waals surface area (Å²) in [5, 5.41) is 16.9. The van der Waals surface area contributed by atoms with Gasteiger partial charge in [0.1, 0.15) is 5.15 Å². The van der Waals surface area contributed by atoms with Gasteiger partial charge in [-0.2, -0.15) is 5.10 Å². The zero-order valence-electron chi connectivity index (χ0n) is 12.0. The highest BCUT2D eigenvalue weighted by Crippen LogP contribution is 2.22. The third-order valence-corrected chi connectivity index (χ3v) is 3.86. The van der Waals surface area contributed by atoms with E-state index in [1.807, 2.05) is 0 Å². The molecular formula is C14H15ClF3N3O. The second-order valence-electron chi connectivity index (χ2n) is 4.89. The number of hydrogen-bond acceptors (Lipinski definition) is 3. The fourth-order valence-electron chi connectivity index (χ4n) is 2.16. The lowest BCUT2D eigenvalue weighted by atomic mass is 10.1. The van der Waals surface area contributed by atoms with Crippen LogP contribution >= 0.6 is 11.6 Å². The largest absolute Gasteiger partial charge is 0.394 e. The minimum Gasteiger partial charge on any atom is -0.394 e. The predicted molar refractivity (Wildman–Crippen MR) is 75.9 cm³/mol. The van der Waals surface area contributed by atoms with Gasteiger partial charge in [-0.3, -0.25) is 4.68 Å². The summed E-state index contributed by atoms with van der Waals surface area (Å²) in [5.74, 6) is -4.14. The Bertz CT molecular complexity index is 667. The number of benzene rings is 1. The Hall–Kier alpha value is -1.57. The molecular weight excluding hydrogens is 319 g/mol. The van der Waals surface area contributed by atoms with Crippen LogP contribution in [0.15, 0.2) is 12.1 Å². The highest BCUT2D eigenvalue weighted by Gasteiger charge is 2.18. The second kappa shape index (κ2) is 6.68. The van der Waals surface area contributed by atoms with Crippen LogP contribution < -0.4 is 5.32 Å². The van der Waals surface area contributed by atoms with E-state index in [1.165, 1.54) is 4.68 Å². The summed E-state index contributed by atoms with van der Waals surface area (Å²) in [4.78, 5) is 0. The SMILES string of the molecule is Cc1nn(C)c(Cl)c1CNC(CO)c1cc(F)c(F)c(F)c1. The number of aliphatic hydroxyl groups excluding tert-OH is 1. The van der Waals surface area contributed by atoms with Gasteiger partial charge in [0.05, 0.1) is 18.3 Å².